The first kappa shape index (κ1) is 33.7. The summed E-state index contributed by atoms with van der Waals surface area (Å²) in [6.07, 6.45) is -6.20. The highest BCUT2D eigenvalue weighted by Crippen LogP contribution is 2.41. The van der Waals surface area contributed by atoms with E-state index in [1.54, 1.807) is 6.07 Å². The number of alkyl halides is 5. The topological polar surface area (TPSA) is 9.23 Å². The van der Waals surface area contributed by atoms with Gasteiger partial charge in [-0.3, -0.25) is 0 Å². The van der Waals surface area contributed by atoms with Crippen LogP contribution in [0.25, 0.3) is 22.3 Å². The largest absolute Gasteiger partial charge is 0.432 e. The first-order valence-electron chi connectivity index (χ1n) is 13.4. The molecule has 0 saturated carbocycles. The highest BCUT2D eigenvalue weighted by Gasteiger charge is 2.43. The van der Waals surface area contributed by atoms with E-state index in [9.17, 15) is 43.9 Å². The summed E-state index contributed by atoms with van der Waals surface area (Å²) < 4.78 is 174. The lowest BCUT2D eigenvalue weighted by molar-refractivity contribution is -0.189. The van der Waals surface area contributed by atoms with Crippen molar-refractivity contribution < 1.29 is 57.4 Å². The van der Waals surface area contributed by atoms with Gasteiger partial charge in [0.15, 0.2) is 0 Å². The fourth-order valence-electron chi connectivity index (χ4n) is 4.78. The van der Waals surface area contributed by atoms with Gasteiger partial charge < -0.3 is 4.74 Å². The van der Waals surface area contributed by atoms with Crippen LogP contribution in [0.15, 0.2) is 54.6 Å². The number of aryl methyl sites for hydroxylation is 1. The molecule has 1 nitrogen and oxygen atoms in total. The number of benzene rings is 4. The molecule has 0 unspecified atom stereocenters. The smallest absolute Gasteiger partial charge is 0.429 e. The van der Waals surface area contributed by atoms with Crippen molar-refractivity contribution in [3.05, 3.63) is 112 Å². The fraction of sp³-hybridized carbons (Fsp3) is 0.250. The van der Waals surface area contributed by atoms with E-state index in [2.05, 4.69) is 4.74 Å². The summed E-state index contributed by atoms with van der Waals surface area (Å²) in [6.45, 7) is 2.04. The van der Waals surface area contributed by atoms with Crippen molar-refractivity contribution in [3.8, 4) is 28.0 Å². The lowest BCUT2D eigenvalue weighted by Gasteiger charge is -2.21. The molecule has 45 heavy (non-hydrogen) atoms. The first-order valence-corrected chi connectivity index (χ1v) is 13.4. The van der Waals surface area contributed by atoms with Crippen LogP contribution in [0.1, 0.15) is 49.3 Å². The average Bonchev–Trinajstić information content (AvgIpc) is 2.88. The molecule has 240 valence electrons. The molecule has 0 spiro atoms. The number of unbranched alkanes of at least 4 members (excludes halogenated alkanes) is 3. The normalized spacial score (nSPS) is 12.1. The van der Waals surface area contributed by atoms with Gasteiger partial charge in [0, 0.05) is 17.7 Å². The lowest BCUT2D eigenvalue weighted by atomic mass is 9.96. The minimum absolute atomic E-state index is 0.124. The van der Waals surface area contributed by atoms with Crippen LogP contribution in [-0.4, -0.2) is 0 Å². The summed E-state index contributed by atoms with van der Waals surface area (Å²) in [4.78, 5) is 0. The molecule has 13 heteroatoms. The maximum absolute atomic E-state index is 15.1. The number of hydrogen-bond acceptors (Lipinski definition) is 1. The molecular formula is C32H22F12O. The fourth-order valence-corrected chi connectivity index (χ4v) is 4.78. The average molecular weight is 651 g/mol. The van der Waals surface area contributed by atoms with Gasteiger partial charge in [-0.15, -0.1) is 0 Å². The van der Waals surface area contributed by atoms with Crippen LogP contribution in [0.2, 0.25) is 0 Å². The van der Waals surface area contributed by atoms with Crippen LogP contribution in [0, 0.1) is 40.7 Å². The highest BCUT2D eigenvalue weighted by molar-refractivity contribution is 5.72. The van der Waals surface area contributed by atoms with E-state index in [4.69, 9.17) is 0 Å². The predicted octanol–water partition coefficient (Wildman–Crippen LogP) is 11.3. The zero-order valence-electron chi connectivity index (χ0n) is 23.2. The van der Waals surface area contributed by atoms with Crippen molar-refractivity contribution in [3.63, 3.8) is 0 Å². The second-order valence-electron chi connectivity index (χ2n) is 10.1. The molecule has 0 bridgehead atoms. The third-order valence-corrected chi connectivity index (χ3v) is 6.87. The van der Waals surface area contributed by atoms with Gasteiger partial charge in [-0.05, 0) is 59.9 Å². The Hall–Kier alpha value is -4.16. The van der Waals surface area contributed by atoms with Crippen molar-refractivity contribution in [2.45, 2.75) is 51.3 Å². The predicted molar refractivity (Wildman–Crippen MR) is 141 cm³/mol. The summed E-state index contributed by atoms with van der Waals surface area (Å²) in [6, 6.07) is 5.23. The van der Waals surface area contributed by atoms with E-state index in [1.807, 2.05) is 6.92 Å². The molecule has 0 saturated heterocycles. The summed E-state index contributed by atoms with van der Waals surface area (Å²) in [5.74, 6) is -14.1. The Labute approximate surface area is 249 Å². The molecule has 0 aliphatic carbocycles. The van der Waals surface area contributed by atoms with Crippen molar-refractivity contribution >= 4 is 0 Å². The van der Waals surface area contributed by atoms with E-state index in [0.29, 0.717) is 24.1 Å². The Morgan fingerprint density at radius 3 is 1.60 bits per heavy atom. The number of hydrogen-bond donors (Lipinski definition) is 0. The van der Waals surface area contributed by atoms with Gasteiger partial charge >= 0.3 is 12.3 Å². The maximum atomic E-state index is 15.1. The second kappa shape index (κ2) is 13.1. The standard InChI is InChI=1S/C32H22F12O/c1-2-3-4-5-6-16-7-8-20(21(33)9-16)17-10-22(34)28(23(35)11-17)18-12-24(36)30(25(37)13-18)32(43,44)45-19-14-26(38)29(27(39)15-19)31(40,41)42/h7-15H,2-6H2,1H3. The van der Waals surface area contributed by atoms with Gasteiger partial charge in [-0.1, -0.05) is 38.3 Å². The van der Waals surface area contributed by atoms with Crippen LogP contribution in [-0.2, 0) is 18.7 Å². The molecular weight excluding hydrogens is 628 g/mol. The molecule has 0 heterocycles. The van der Waals surface area contributed by atoms with Crippen molar-refractivity contribution in [2.75, 3.05) is 0 Å². The summed E-state index contributed by atoms with van der Waals surface area (Å²) >= 11 is 0. The monoisotopic (exact) mass is 650 g/mol. The minimum Gasteiger partial charge on any atom is -0.429 e. The van der Waals surface area contributed by atoms with E-state index < -0.39 is 81.0 Å². The minimum atomic E-state index is -5.53. The van der Waals surface area contributed by atoms with Crippen LogP contribution in [0.5, 0.6) is 5.75 Å². The van der Waals surface area contributed by atoms with Crippen molar-refractivity contribution in [2.24, 2.45) is 0 Å². The van der Waals surface area contributed by atoms with E-state index >= 15 is 8.78 Å². The molecule has 4 aromatic carbocycles. The molecule has 0 radical (unpaired) electrons. The summed E-state index contributed by atoms with van der Waals surface area (Å²) in [7, 11) is 0. The van der Waals surface area contributed by atoms with E-state index in [1.165, 1.54) is 12.1 Å². The van der Waals surface area contributed by atoms with Gasteiger partial charge in [0.1, 0.15) is 57.6 Å². The first-order chi connectivity index (χ1) is 21.0. The quantitative estimate of drug-likeness (QED) is 0.123. The van der Waals surface area contributed by atoms with Crippen LogP contribution in [0.3, 0.4) is 0 Å². The molecule has 0 amide bonds. The van der Waals surface area contributed by atoms with E-state index in [0.717, 1.165) is 25.7 Å². The molecule has 0 aromatic heterocycles. The Balaban J connectivity index is 1.63. The van der Waals surface area contributed by atoms with Crippen LogP contribution >= 0.6 is 0 Å². The van der Waals surface area contributed by atoms with Gasteiger partial charge in [0.05, 0.1) is 5.56 Å². The second-order valence-corrected chi connectivity index (χ2v) is 10.1. The molecule has 0 fully saturated rings. The molecule has 0 aliphatic rings. The van der Waals surface area contributed by atoms with Gasteiger partial charge in [0.2, 0.25) is 0 Å². The zero-order valence-corrected chi connectivity index (χ0v) is 23.2. The molecule has 4 rings (SSSR count). The SMILES string of the molecule is CCCCCCc1ccc(-c2cc(F)c(-c3cc(F)c(C(F)(F)Oc4cc(F)c(C(F)(F)F)c(F)c4)c(F)c3)c(F)c2)c(F)c1. The van der Waals surface area contributed by atoms with Crippen LogP contribution < -0.4 is 4.74 Å². The number of rotatable bonds is 10. The summed E-state index contributed by atoms with van der Waals surface area (Å²) in [5, 5.41) is 0. The highest BCUT2D eigenvalue weighted by atomic mass is 19.4. The van der Waals surface area contributed by atoms with Gasteiger partial charge in [0.25, 0.3) is 0 Å². The Morgan fingerprint density at radius 1 is 0.556 bits per heavy atom. The number of halogens is 12. The van der Waals surface area contributed by atoms with Gasteiger partial charge in [-0.2, -0.15) is 22.0 Å². The zero-order chi connectivity index (χ0) is 33.3. The van der Waals surface area contributed by atoms with Gasteiger partial charge in [-0.25, -0.2) is 30.7 Å². The lowest BCUT2D eigenvalue weighted by Crippen LogP contribution is -2.25. The molecule has 4 aromatic rings. The Kier molecular flexibility index (Phi) is 9.79. The molecule has 0 atom stereocenters. The summed E-state index contributed by atoms with van der Waals surface area (Å²) in [5.41, 5.74) is -6.26. The van der Waals surface area contributed by atoms with E-state index in [-0.39, 0.29) is 35.4 Å². The molecule has 0 N–H and O–H groups in total. The Morgan fingerprint density at radius 2 is 1.09 bits per heavy atom. The van der Waals surface area contributed by atoms with Crippen molar-refractivity contribution in [1.82, 2.24) is 0 Å². The molecule has 0 aliphatic heterocycles. The third kappa shape index (κ3) is 7.39. The maximum Gasteiger partial charge on any atom is 0.432 e. The number of ether oxygens (including phenoxy) is 1. The third-order valence-electron chi connectivity index (χ3n) is 6.87. The van der Waals surface area contributed by atoms with Crippen molar-refractivity contribution in [1.29, 1.82) is 0 Å². The van der Waals surface area contributed by atoms with Crippen LogP contribution in [0.4, 0.5) is 52.7 Å². The Bertz CT molecular complexity index is 1640.